The van der Waals surface area contributed by atoms with E-state index in [-0.39, 0.29) is 22.7 Å². The molecule has 1 unspecified atom stereocenters. The Balaban J connectivity index is 1.68. The van der Waals surface area contributed by atoms with Crippen LogP contribution in [0.15, 0.2) is 29.8 Å². The summed E-state index contributed by atoms with van der Waals surface area (Å²) in [5.74, 6) is -0.678. The van der Waals surface area contributed by atoms with Crippen LogP contribution in [0.3, 0.4) is 0 Å². The lowest BCUT2D eigenvalue weighted by atomic mass is 10.0. The molecule has 0 N–H and O–H groups in total. The first-order valence-corrected chi connectivity index (χ1v) is 12.1. The van der Waals surface area contributed by atoms with E-state index >= 15 is 0 Å². The number of carbonyl (C=O) groups is 1. The highest BCUT2D eigenvalue weighted by Gasteiger charge is 2.38. The van der Waals surface area contributed by atoms with Crippen LogP contribution in [0, 0.1) is 5.82 Å². The van der Waals surface area contributed by atoms with Gasteiger partial charge in [-0.2, -0.15) is 0 Å². The van der Waals surface area contributed by atoms with Crippen molar-refractivity contribution in [2.45, 2.75) is 18.6 Å². The molecule has 2 fully saturated rings. The number of nitrogens with zero attached hydrogens (tertiary/aromatic N) is 5. The molecule has 11 heteroatoms. The number of carbonyl (C=O) groups excluding carboxylic acids is 1. The highest BCUT2D eigenvalue weighted by Crippen LogP contribution is 2.34. The zero-order chi connectivity index (χ0) is 23.8. The normalized spacial score (nSPS) is 20.9. The molecule has 2 aromatic heterocycles. The third-order valence-electron chi connectivity index (χ3n) is 6.12. The predicted molar refractivity (Wildman–Crippen MR) is 126 cm³/mol. The van der Waals surface area contributed by atoms with Gasteiger partial charge < -0.3 is 14.4 Å². The van der Waals surface area contributed by atoms with Gasteiger partial charge in [-0.1, -0.05) is 11.6 Å². The van der Waals surface area contributed by atoms with Gasteiger partial charge in [0.25, 0.3) is 0 Å². The Kier molecular flexibility index (Phi) is 6.59. The second-order valence-electron chi connectivity index (χ2n) is 8.41. The second-order valence-corrected chi connectivity index (χ2v) is 9.71. The number of benzene rings is 1. The summed E-state index contributed by atoms with van der Waals surface area (Å²) >= 11 is 7.79. The molecule has 0 aliphatic carbocycles. The molecule has 0 amide bonds. The first-order valence-electron chi connectivity index (χ1n) is 10.8. The van der Waals surface area contributed by atoms with Gasteiger partial charge in [0.05, 0.1) is 36.7 Å². The number of thiazole rings is 1. The number of ether oxygens (including phenoxy) is 2. The average molecular weight is 504 g/mol. The molecule has 5 rings (SSSR count). The van der Waals surface area contributed by atoms with Crippen LogP contribution in [0.2, 0.25) is 5.02 Å². The molecule has 2 atom stereocenters. The Bertz CT molecular complexity index is 1200. The molecule has 8 nitrogen and oxygen atoms in total. The van der Waals surface area contributed by atoms with Gasteiger partial charge in [-0.3, -0.25) is 4.90 Å². The van der Waals surface area contributed by atoms with Crippen LogP contribution in [-0.2, 0) is 16.0 Å². The summed E-state index contributed by atoms with van der Waals surface area (Å²) < 4.78 is 24.7. The van der Waals surface area contributed by atoms with Crippen LogP contribution in [0.25, 0.3) is 22.1 Å². The largest absolute Gasteiger partial charge is 0.465 e. The number of piperazine rings is 1. The smallest absolute Gasteiger partial charge is 0.342 e. The van der Waals surface area contributed by atoms with Crippen LogP contribution >= 0.6 is 22.9 Å². The molecule has 2 saturated heterocycles. The Morgan fingerprint density at radius 1 is 1.29 bits per heavy atom. The number of morpholine rings is 1. The molecular formula is C23H23ClFN5O3S. The van der Waals surface area contributed by atoms with Gasteiger partial charge in [-0.05, 0) is 25.2 Å². The number of likely N-dealkylation sites (N-methyl/N-ethyl adjacent to an activating group) is 1. The Morgan fingerprint density at radius 3 is 2.71 bits per heavy atom. The fourth-order valence-electron chi connectivity index (χ4n) is 4.61. The number of hydrogen-bond acceptors (Lipinski definition) is 9. The third kappa shape index (κ3) is 4.44. The maximum Gasteiger partial charge on any atom is 0.342 e. The molecule has 34 heavy (non-hydrogen) atoms. The summed E-state index contributed by atoms with van der Waals surface area (Å²) in [6.45, 7) is 3.32. The van der Waals surface area contributed by atoms with E-state index in [1.54, 1.807) is 6.20 Å². The summed E-state index contributed by atoms with van der Waals surface area (Å²) in [6.07, 6.45) is 1.67. The van der Waals surface area contributed by atoms with E-state index in [1.807, 2.05) is 5.38 Å². The Morgan fingerprint density at radius 2 is 2.06 bits per heavy atom. The number of halogens is 2. The summed E-state index contributed by atoms with van der Waals surface area (Å²) in [5, 5.41) is 2.59. The minimum absolute atomic E-state index is 0.143. The highest BCUT2D eigenvalue weighted by molar-refractivity contribution is 7.13. The minimum atomic E-state index is -0.577. The summed E-state index contributed by atoms with van der Waals surface area (Å²) in [4.78, 5) is 31.5. The van der Waals surface area contributed by atoms with Gasteiger partial charge in [-0.25, -0.2) is 24.1 Å². The molecule has 0 radical (unpaired) electrons. The Hall–Kier alpha value is -2.50. The molecule has 2 aliphatic heterocycles. The van der Waals surface area contributed by atoms with Crippen LogP contribution in [0.4, 0.5) is 4.39 Å². The van der Waals surface area contributed by atoms with Crippen LogP contribution in [0.5, 0.6) is 0 Å². The Labute approximate surface area is 205 Å². The van der Waals surface area contributed by atoms with Crippen molar-refractivity contribution in [2.24, 2.45) is 0 Å². The van der Waals surface area contributed by atoms with Gasteiger partial charge in [0.1, 0.15) is 11.4 Å². The molecule has 3 aromatic rings. The number of fused-ring (bicyclic) bond motifs is 2. The van der Waals surface area contributed by atoms with Crippen molar-refractivity contribution in [2.75, 3.05) is 40.5 Å². The van der Waals surface area contributed by atoms with E-state index in [1.165, 1.54) is 36.6 Å². The lowest BCUT2D eigenvalue weighted by Gasteiger charge is -2.48. The number of methoxy groups -OCH3 is 1. The molecule has 0 saturated carbocycles. The quantitative estimate of drug-likeness (QED) is 0.490. The fourth-order valence-corrected chi connectivity index (χ4v) is 5.44. The molecule has 4 heterocycles. The maximum atomic E-state index is 13.8. The third-order valence-corrected chi connectivity index (χ3v) is 7.20. The SMILES string of the molecule is COC(=O)c1c(CN2C3COC[C@H]2CN(C)C3)nc(-c2nccs2)nc1-c1ccc(F)cc1Cl. The van der Waals surface area contributed by atoms with Crippen molar-refractivity contribution >= 4 is 28.9 Å². The van der Waals surface area contributed by atoms with Gasteiger partial charge in [0, 0.05) is 48.9 Å². The van der Waals surface area contributed by atoms with Crippen molar-refractivity contribution in [1.82, 2.24) is 24.8 Å². The monoisotopic (exact) mass is 503 g/mol. The molecule has 178 valence electrons. The van der Waals surface area contributed by atoms with E-state index in [2.05, 4.69) is 26.8 Å². The molecule has 0 spiro atoms. The van der Waals surface area contributed by atoms with Crippen molar-refractivity contribution in [3.05, 3.63) is 51.9 Å². The van der Waals surface area contributed by atoms with Crippen molar-refractivity contribution in [3.63, 3.8) is 0 Å². The van der Waals surface area contributed by atoms with E-state index < -0.39 is 11.8 Å². The first-order chi connectivity index (χ1) is 16.4. The lowest BCUT2D eigenvalue weighted by Crippen LogP contribution is -2.63. The number of hydrogen-bond donors (Lipinski definition) is 0. The molecular weight excluding hydrogens is 481 g/mol. The minimum Gasteiger partial charge on any atom is -0.465 e. The predicted octanol–water partition coefficient (Wildman–Crippen LogP) is 3.36. The van der Waals surface area contributed by atoms with E-state index in [0.29, 0.717) is 47.5 Å². The van der Waals surface area contributed by atoms with Crippen LogP contribution in [-0.4, -0.2) is 83.3 Å². The fraction of sp³-hybridized carbons (Fsp3) is 0.391. The first kappa shape index (κ1) is 23.3. The van der Waals surface area contributed by atoms with Gasteiger partial charge in [0.15, 0.2) is 10.8 Å². The van der Waals surface area contributed by atoms with Crippen molar-refractivity contribution in [1.29, 1.82) is 0 Å². The zero-order valence-electron chi connectivity index (χ0n) is 18.7. The topological polar surface area (TPSA) is 80.7 Å². The van der Waals surface area contributed by atoms with Gasteiger partial charge in [-0.15, -0.1) is 11.3 Å². The maximum absolute atomic E-state index is 13.8. The number of esters is 1. The van der Waals surface area contributed by atoms with E-state index in [9.17, 15) is 9.18 Å². The average Bonchev–Trinajstić information content (AvgIpc) is 3.34. The van der Waals surface area contributed by atoms with Crippen LogP contribution in [0.1, 0.15) is 16.1 Å². The molecule has 1 aromatic carbocycles. The molecule has 2 bridgehead atoms. The summed E-state index contributed by atoms with van der Waals surface area (Å²) in [5.41, 5.74) is 1.45. The van der Waals surface area contributed by atoms with Crippen molar-refractivity contribution < 1.29 is 18.7 Å². The second kappa shape index (κ2) is 9.63. The summed E-state index contributed by atoms with van der Waals surface area (Å²) in [7, 11) is 3.41. The highest BCUT2D eigenvalue weighted by atomic mass is 35.5. The van der Waals surface area contributed by atoms with Gasteiger partial charge in [0.2, 0.25) is 0 Å². The van der Waals surface area contributed by atoms with Crippen molar-refractivity contribution in [3.8, 4) is 22.1 Å². The van der Waals surface area contributed by atoms with E-state index in [4.69, 9.17) is 26.1 Å². The van der Waals surface area contributed by atoms with Gasteiger partial charge >= 0.3 is 5.97 Å². The summed E-state index contributed by atoms with van der Waals surface area (Å²) in [6, 6.07) is 4.33. The molecule has 2 aliphatic rings. The van der Waals surface area contributed by atoms with E-state index in [0.717, 1.165) is 13.1 Å². The number of aromatic nitrogens is 3. The standard InChI is InChI=1S/C23H23ClFN5O3S/c1-29-8-14-11-33-12-15(9-29)30(14)10-18-19(23(31)32-2)20(16-4-3-13(25)7-17(16)24)28-21(27-18)22-26-5-6-34-22/h3-7,14-15H,8-12H2,1-2H3/t14-,15?/m1/s1. The lowest BCUT2D eigenvalue weighted by molar-refractivity contribution is -0.0968. The zero-order valence-corrected chi connectivity index (χ0v) is 20.3. The number of rotatable bonds is 5. The van der Waals surface area contributed by atoms with Crippen LogP contribution < -0.4 is 0 Å².